The first-order valence-electron chi connectivity index (χ1n) is 8.02. The van der Waals surface area contributed by atoms with Gasteiger partial charge in [-0.2, -0.15) is 0 Å². The number of likely N-dealkylation sites (N-methyl/N-ethyl adjacent to an activating group) is 1. The molecule has 0 saturated carbocycles. The minimum absolute atomic E-state index is 0.0217. The van der Waals surface area contributed by atoms with Crippen LogP contribution in [0.2, 0.25) is 10.0 Å². The molecule has 138 valence electrons. The van der Waals surface area contributed by atoms with Crippen LogP contribution in [0.3, 0.4) is 0 Å². The second-order valence-corrected chi connectivity index (χ2v) is 7.55. The van der Waals surface area contributed by atoms with Gasteiger partial charge in [0.15, 0.2) is 0 Å². The van der Waals surface area contributed by atoms with Crippen LogP contribution < -0.4 is 5.32 Å². The molecule has 2 aromatic carbocycles. The van der Waals surface area contributed by atoms with E-state index in [4.69, 9.17) is 23.2 Å². The number of benzene rings is 2. The molecule has 26 heavy (non-hydrogen) atoms. The molecule has 0 spiro atoms. The minimum Gasteiger partial charge on any atom is -0.357 e. The van der Waals surface area contributed by atoms with Crippen molar-refractivity contribution in [1.82, 2.24) is 10.2 Å². The first-order chi connectivity index (χ1) is 12.3. The summed E-state index contributed by atoms with van der Waals surface area (Å²) in [6, 6.07) is 12.1. The Balaban J connectivity index is 2.30. The monoisotopic (exact) mass is 456 g/mol. The largest absolute Gasteiger partial charge is 0.357 e. The molecule has 4 nitrogen and oxygen atoms in total. The lowest BCUT2D eigenvalue weighted by atomic mass is 10.1. The number of nitrogens with one attached hydrogen (secondary N) is 1. The van der Waals surface area contributed by atoms with Gasteiger partial charge in [-0.25, -0.2) is 0 Å². The van der Waals surface area contributed by atoms with E-state index in [0.717, 1.165) is 10.0 Å². The highest BCUT2D eigenvalue weighted by molar-refractivity contribution is 9.10. The van der Waals surface area contributed by atoms with E-state index in [1.165, 1.54) is 4.90 Å². The van der Waals surface area contributed by atoms with E-state index in [1.807, 2.05) is 24.3 Å². The lowest BCUT2D eigenvalue weighted by Crippen LogP contribution is -2.47. The van der Waals surface area contributed by atoms with E-state index in [-0.39, 0.29) is 18.2 Å². The summed E-state index contributed by atoms with van der Waals surface area (Å²) in [5.74, 6) is -0.463. The summed E-state index contributed by atoms with van der Waals surface area (Å²) >= 11 is 15.8. The molecule has 2 rings (SSSR count). The molecule has 0 aromatic heterocycles. The maximum absolute atomic E-state index is 13.0. The molecule has 0 bridgehead atoms. The van der Waals surface area contributed by atoms with Crippen molar-refractivity contribution in [2.45, 2.75) is 25.9 Å². The molecule has 0 aliphatic heterocycles. The Morgan fingerprint density at radius 3 is 2.35 bits per heavy atom. The molecule has 0 fully saturated rings. The van der Waals surface area contributed by atoms with Gasteiger partial charge in [0.25, 0.3) is 0 Å². The molecule has 0 aliphatic rings. The zero-order chi connectivity index (χ0) is 19.3. The fourth-order valence-electron chi connectivity index (χ4n) is 2.58. The van der Waals surface area contributed by atoms with Crippen molar-refractivity contribution in [2.24, 2.45) is 0 Å². The summed E-state index contributed by atoms with van der Waals surface area (Å²) in [5.41, 5.74) is 1.47. The molecular formula is C19H19BrCl2N2O2. The lowest BCUT2D eigenvalue weighted by molar-refractivity contribution is -0.139. The SMILES string of the molecule is CNC(=O)C(C)N(Cc1cccc(Br)c1)C(=O)Cc1c(Cl)cccc1Cl. The number of carbonyl (C=O) groups is 2. The maximum Gasteiger partial charge on any atom is 0.242 e. The summed E-state index contributed by atoms with van der Waals surface area (Å²) in [4.78, 5) is 26.6. The van der Waals surface area contributed by atoms with E-state index >= 15 is 0 Å². The van der Waals surface area contributed by atoms with Gasteiger partial charge in [0, 0.05) is 28.1 Å². The van der Waals surface area contributed by atoms with Crippen molar-refractivity contribution in [2.75, 3.05) is 7.05 Å². The van der Waals surface area contributed by atoms with Gasteiger partial charge in [0.1, 0.15) is 6.04 Å². The quantitative estimate of drug-likeness (QED) is 0.695. The predicted octanol–water partition coefficient (Wildman–Crippen LogP) is 4.46. The topological polar surface area (TPSA) is 49.4 Å². The average Bonchev–Trinajstić information content (AvgIpc) is 2.61. The number of amides is 2. The average molecular weight is 458 g/mol. The van der Waals surface area contributed by atoms with Crippen LogP contribution in [0.5, 0.6) is 0 Å². The standard InChI is InChI=1S/C19H19BrCl2N2O2/c1-12(19(26)23-2)24(11-13-5-3-6-14(20)9-13)18(25)10-15-16(21)7-4-8-17(15)22/h3-9,12H,10-11H2,1-2H3,(H,23,26). The van der Waals surface area contributed by atoms with Gasteiger partial charge in [-0.05, 0) is 42.3 Å². The molecular weight excluding hydrogens is 439 g/mol. The number of halogens is 3. The van der Waals surface area contributed by atoms with Crippen molar-refractivity contribution in [3.8, 4) is 0 Å². The third-order valence-electron chi connectivity index (χ3n) is 4.05. The predicted molar refractivity (Wildman–Crippen MR) is 108 cm³/mol. The van der Waals surface area contributed by atoms with Crippen LogP contribution in [0, 0.1) is 0 Å². The second kappa shape index (κ2) is 9.40. The molecule has 1 unspecified atom stereocenters. The van der Waals surface area contributed by atoms with Crippen LogP contribution in [0.15, 0.2) is 46.9 Å². The molecule has 2 amide bonds. The molecule has 1 N–H and O–H groups in total. The normalized spacial score (nSPS) is 11.7. The van der Waals surface area contributed by atoms with Crippen molar-refractivity contribution in [3.63, 3.8) is 0 Å². The zero-order valence-corrected chi connectivity index (χ0v) is 17.5. The highest BCUT2D eigenvalue weighted by Gasteiger charge is 2.26. The van der Waals surface area contributed by atoms with Gasteiger partial charge in [-0.1, -0.05) is 57.3 Å². The van der Waals surface area contributed by atoms with E-state index in [0.29, 0.717) is 22.2 Å². The van der Waals surface area contributed by atoms with Crippen molar-refractivity contribution < 1.29 is 9.59 Å². The van der Waals surface area contributed by atoms with Gasteiger partial charge in [-0.3, -0.25) is 9.59 Å². The molecule has 7 heteroatoms. The van der Waals surface area contributed by atoms with E-state index < -0.39 is 6.04 Å². The number of hydrogen-bond donors (Lipinski definition) is 1. The smallest absolute Gasteiger partial charge is 0.242 e. The van der Waals surface area contributed by atoms with Gasteiger partial charge in [0.05, 0.1) is 6.42 Å². The van der Waals surface area contributed by atoms with Crippen LogP contribution >= 0.6 is 39.1 Å². The number of carbonyl (C=O) groups excluding carboxylic acids is 2. The fraction of sp³-hybridized carbons (Fsp3) is 0.263. The van der Waals surface area contributed by atoms with Gasteiger partial charge in [0.2, 0.25) is 11.8 Å². The van der Waals surface area contributed by atoms with Crippen LogP contribution in [0.4, 0.5) is 0 Å². The van der Waals surface area contributed by atoms with Crippen molar-refractivity contribution in [3.05, 3.63) is 68.1 Å². The van der Waals surface area contributed by atoms with E-state index in [2.05, 4.69) is 21.2 Å². The summed E-state index contributed by atoms with van der Waals surface area (Å²) < 4.78 is 0.907. The summed E-state index contributed by atoms with van der Waals surface area (Å²) in [6.45, 7) is 2.00. The van der Waals surface area contributed by atoms with Crippen LogP contribution in [0.25, 0.3) is 0 Å². The fourth-order valence-corrected chi connectivity index (χ4v) is 3.56. The molecule has 1 atom stereocenters. The van der Waals surface area contributed by atoms with Crippen molar-refractivity contribution >= 4 is 50.9 Å². The Kier molecular flexibility index (Phi) is 7.50. The van der Waals surface area contributed by atoms with E-state index in [9.17, 15) is 9.59 Å². The third kappa shape index (κ3) is 5.22. The lowest BCUT2D eigenvalue weighted by Gasteiger charge is -2.28. The molecule has 0 saturated heterocycles. The first kappa shape index (κ1) is 20.7. The van der Waals surface area contributed by atoms with Gasteiger partial charge >= 0.3 is 0 Å². The Labute approximate surface area is 171 Å². The van der Waals surface area contributed by atoms with Crippen molar-refractivity contribution in [1.29, 1.82) is 0 Å². The minimum atomic E-state index is -0.632. The highest BCUT2D eigenvalue weighted by atomic mass is 79.9. The van der Waals surface area contributed by atoms with E-state index in [1.54, 1.807) is 32.2 Å². The Morgan fingerprint density at radius 2 is 1.77 bits per heavy atom. The highest BCUT2D eigenvalue weighted by Crippen LogP contribution is 2.26. The van der Waals surface area contributed by atoms with Crippen LogP contribution in [0.1, 0.15) is 18.1 Å². The van der Waals surface area contributed by atoms with Crippen LogP contribution in [-0.2, 0) is 22.6 Å². The number of nitrogens with zero attached hydrogens (tertiary/aromatic N) is 1. The van der Waals surface area contributed by atoms with Gasteiger partial charge < -0.3 is 10.2 Å². The summed E-state index contributed by atoms with van der Waals surface area (Å²) in [5, 5.41) is 3.45. The molecule has 2 aromatic rings. The molecule has 0 radical (unpaired) electrons. The molecule has 0 aliphatic carbocycles. The zero-order valence-electron chi connectivity index (χ0n) is 14.4. The van der Waals surface area contributed by atoms with Crippen LogP contribution in [-0.4, -0.2) is 29.8 Å². The summed E-state index contributed by atoms with van der Waals surface area (Å²) in [7, 11) is 1.55. The number of rotatable bonds is 6. The third-order valence-corrected chi connectivity index (χ3v) is 5.25. The maximum atomic E-state index is 13.0. The second-order valence-electron chi connectivity index (χ2n) is 5.82. The first-order valence-corrected chi connectivity index (χ1v) is 9.56. The van der Waals surface area contributed by atoms with Gasteiger partial charge in [-0.15, -0.1) is 0 Å². The summed E-state index contributed by atoms with van der Waals surface area (Å²) in [6.07, 6.45) is 0.0217. The number of hydrogen-bond acceptors (Lipinski definition) is 2. The Bertz CT molecular complexity index is 794. The Morgan fingerprint density at radius 1 is 1.15 bits per heavy atom. The Hall–Kier alpha value is -1.56. The molecule has 0 heterocycles.